The Labute approximate surface area is 111 Å². The summed E-state index contributed by atoms with van der Waals surface area (Å²) in [4.78, 5) is -0.433. The minimum absolute atomic E-state index is 0.138. The molecule has 1 aromatic rings. The standard InChI is InChI=1S/C11H15FN2O4S/c1-17-9-3-8(12)11(4-10(9)18-2)19(15,16)14-5-7(13)6-14/h3-4,7H,5-6,13H2,1-2H3. The number of benzene rings is 1. The van der Waals surface area contributed by atoms with Gasteiger partial charge in [0.05, 0.1) is 14.2 Å². The fraction of sp³-hybridized carbons (Fsp3) is 0.455. The van der Waals surface area contributed by atoms with Gasteiger partial charge in [-0.3, -0.25) is 0 Å². The minimum atomic E-state index is -3.88. The van der Waals surface area contributed by atoms with Crippen LogP contribution in [0.1, 0.15) is 0 Å². The first kappa shape index (κ1) is 14.0. The predicted molar refractivity (Wildman–Crippen MR) is 66.2 cm³/mol. The van der Waals surface area contributed by atoms with E-state index < -0.39 is 20.7 Å². The lowest BCUT2D eigenvalue weighted by Gasteiger charge is -2.35. The molecule has 19 heavy (non-hydrogen) atoms. The van der Waals surface area contributed by atoms with E-state index in [-0.39, 0.29) is 30.6 Å². The van der Waals surface area contributed by atoms with Gasteiger partial charge in [0.25, 0.3) is 0 Å². The molecule has 1 aromatic carbocycles. The van der Waals surface area contributed by atoms with E-state index in [1.54, 1.807) is 0 Å². The number of nitrogens with two attached hydrogens (primary N) is 1. The van der Waals surface area contributed by atoms with Crippen LogP contribution in [-0.2, 0) is 10.0 Å². The highest BCUT2D eigenvalue weighted by molar-refractivity contribution is 7.89. The second-order valence-corrected chi connectivity index (χ2v) is 6.13. The highest BCUT2D eigenvalue weighted by Crippen LogP contribution is 2.33. The zero-order valence-corrected chi connectivity index (χ0v) is 11.4. The topological polar surface area (TPSA) is 81.9 Å². The van der Waals surface area contributed by atoms with Gasteiger partial charge in [-0.1, -0.05) is 0 Å². The van der Waals surface area contributed by atoms with Crippen molar-refractivity contribution in [3.05, 3.63) is 17.9 Å². The first-order valence-corrected chi connectivity index (χ1v) is 7.01. The Kier molecular flexibility index (Phi) is 3.66. The average molecular weight is 290 g/mol. The van der Waals surface area contributed by atoms with Crippen LogP contribution in [0.15, 0.2) is 17.0 Å². The molecular formula is C11H15FN2O4S. The number of methoxy groups -OCH3 is 2. The molecule has 1 saturated heterocycles. The zero-order chi connectivity index (χ0) is 14.2. The molecule has 0 aromatic heterocycles. The third-order valence-electron chi connectivity index (χ3n) is 2.93. The Bertz CT molecular complexity index is 585. The molecular weight excluding hydrogens is 275 g/mol. The van der Waals surface area contributed by atoms with Gasteiger partial charge >= 0.3 is 0 Å². The summed E-state index contributed by atoms with van der Waals surface area (Å²) in [5, 5.41) is 0. The summed E-state index contributed by atoms with van der Waals surface area (Å²) < 4.78 is 49.3. The summed E-state index contributed by atoms with van der Waals surface area (Å²) in [6, 6.07) is 1.91. The Hall–Kier alpha value is -1.38. The van der Waals surface area contributed by atoms with Gasteiger partial charge in [0, 0.05) is 31.3 Å². The van der Waals surface area contributed by atoms with Crippen LogP contribution in [0, 0.1) is 5.82 Å². The highest BCUT2D eigenvalue weighted by Gasteiger charge is 2.36. The second-order valence-electron chi connectivity index (χ2n) is 4.22. The summed E-state index contributed by atoms with van der Waals surface area (Å²) in [5.41, 5.74) is 5.54. The Morgan fingerprint density at radius 1 is 1.26 bits per heavy atom. The largest absolute Gasteiger partial charge is 0.493 e. The molecule has 106 valence electrons. The maximum atomic E-state index is 13.9. The summed E-state index contributed by atoms with van der Waals surface area (Å²) >= 11 is 0. The van der Waals surface area contributed by atoms with Crippen molar-refractivity contribution >= 4 is 10.0 Å². The van der Waals surface area contributed by atoms with Crippen LogP contribution in [0.4, 0.5) is 4.39 Å². The fourth-order valence-electron chi connectivity index (χ4n) is 1.84. The molecule has 0 aliphatic carbocycles. The molecule has 0 unspecified atom stereocenters. The summed E-state index contributed by atoms with van der Waals surface area (Å²) in [6.07, 6.45) is 0. The molecule has 1 aliphatic rings. The zero-order valence-electron chi connectivity index (χ0n) is 10.6. The SMILES string of the molecule is COc1cc(F)c(S(=O)(=O)N2CC(N)C2)cc1OC. The molecule has 1 fully saturated rings. The van der Waals surface area contributed by atoms with Crippen LogP contribution in [-0.4, -0.2) is 46.1 Å². The number of ether oxygens (including phenoxy) is 2. The summed E-state index contributed by atoms with van der Waals surface area (Å²) in [6.45, 7) is 0.381. The lowest BCUT2D eigenvalue weighted by molar-refractivity contribution is 0.264. The molecule has 8 heteroatoms. The van der Waals surface area contributed by atoms with Crippen LogP contribution in [0.2, 0.25) is 0 Å². The number of hydrogen-bond acceptors (Lipinski definition) is 5. The third kappa shape index (κ3) is 2.38. The molecule has 0 amide bonds. The lowest BCUT2D eigenvalue weighted by Crippen LogP contribution is -2.57. The van der Waals surface area contributed by atoms with E-state index in [0.717, 1.165) is 16.4 Å². The van der Waals surface area contributed by atoms with Gasteiger partial charge in [-0.2, -0.15) is 4.31 Å². The number of nitrogens with zero attached hydrogens (tertiary/aromatic N) is 1. The van der Waals surface area contributed by atoms with Crippen molar-refractivity contribution < 1.29 is 22.3 Å². The predicted octanol–water partition coefficient (Wildman–Crippen LogP) is 0.175. The number of hydrogen-bond donors (Lipinski definition) is 1. The van der Waals surface area contributed by atoms with E-state index in [0.29, 0.717) is 0 Å². The van der Waals surface area contributed by atoms with Crippen molar-refractivity contribution in [3.8, 4) is 11.5 Å². The molecule has 2 rings (SSSR count). The fourth-order valence-corrected chi connectivity index (χ4v) is 3.45. The van der Waals surface area contributed by atoms with E-state index >= 15 is 0 Å². The highest BCUT2D eigenvalue weighted by atomic mass is 32.2. The minimum Gasteiger partial charge on any atom is -0.493 e. The molecule has 0 atom stereocenters. The first-order valence-electron chi connectivity index (χ1n) is 5.57. The quantitative estimate of drug-likeness (QED) is 0.855. The van der Waals surface area contributed by atoms with Crippen molar-refractivity contribution in [2.75, 3.05) is 27.3 Å². The molecule has 0 bridgehead atoms. The van der Waals surface area contributed by atoms with E-state index in [9.17, 15) is 12.8 Å². The van der Waals surface area contributed by atoms with Gasteiger partial charge in [0.15, 0.2) is 11.5 Å². The van der Waals surface area contributed by atoms with Crippen LogP contribution in [0.5, 0.6) is 11.5 Å². The van der Waals surface area contributed by atoms with Crippen molar-refractivity contribution in [1.82, 2.24) is 4.31 Å². The van der Waals surface area contributed by atoms with Gasteiger partial charge in [-0.15, -0.1) is 0 Å². The van der Waals surface area contributed by atoms with Crippen molar-refractivity contribution in [2.24, 2.45) is 5.73 Å². The average Bonchev–Trinajstić information content (AvgIpc) is 2.34. The first-order chi connectivity index (χ1) is 8.90. The molecule has 0 spiro atoms. The van der Waals surface area contributed by atoms with E-state index in [4.69, 9.17) is 15.2 Å². The van der Waals surface area contributed by atoms with Crippen molar-refractivity contribution in [2.45, 2.75) is 10.9 Å². The number of rotatable bonds is 4. The maximum Gasteiger partial charge on any atom is 0.246 e. The Balaban J connectivity index is 2.45. The molecule has 0 radical (unpaired) electrons. The van der Waals surface area contributed by atoms with Crippen LogP contribution in [0.3, 0.4) is 0 Å². The van der Waals surface area contributed by atoms with Crippen LogP contribution >= 0.6 is 0 Å². The Morgan fingerprint density at radius 3 is 2.26 bits per heavy atom. The van der Waals surface area contributed by atoms with Gasteiger partial charge in [-0.25, -0.2) is 12.8 Å². The normalized spacial score (nSPS) is 17.1. The van der Waals surface area contributed by atoms with Crippen LogP contribution < -0.4 is 15.2 Å². The van der Waals surface area contributed by atoms with Crippen molar-refractivity contribution in [1.29, 1.82) is 0 Å². The number of sulfonamides is 1. The Morgan fingerprint density at radius 2 is 1.79 bits per heavy atom. The molecule has 1 heterocycles. The molecule has 6 nitrogen and oxygen atoms in total. The van der Waals surface area contributed by atoms with Crippen molar-refractivity contribution in [3.63, 3.8) is 0 Å². The van der Waals surface area contributed by atoms with Gasteiger partial charge in [0.2, 0.25) is 10.0 Å². The summed E-state index contributed by atoms with van der Waals surface area (Å²) in [5.74, 6) is -0.579. The van der Waals surface area contributed by atoms with E-state index in [1.165, 1.54) is 14.2 Å². The molecule has 1 aliphatic heterocycles. The van der Waals surface area contributed by atoms with E-state index in [2.05, 4.69) is 0 Å². The second kappa shape index (κ2) is 4.95. The van der Waals surface area contributed by atoms with Gasteiger partial charge in [-0.05, 0) is 0 Å². The summed E-state index contributed by atoms with van der Waals surface area (Å²) in [7, 11) is -1.18. The van der Waals surface area contributed by atoms with Gasteiger partial charge in [0.1, 0.15) is 10.7 Å². The maximum absolute atomic E-state index is 13.9. The van der Waals surface area contributed by atoms with Crippen LogP contribution in [0.25, 0.3) is 0 Å². The number of halogens is 1. The molecule has 0 saturated carbocycles. The third-order valence-corrected chi connectivity index (χ3v) is 4.78. The van der Waals surface area contributed by atoms with E-state index in [1.807, 2.05) is 0 Å². The smallest absolute Gasteiger partial charge is 0.246 e. The monoisotopic (exact) mass is 290 g/mol. The lowest BCUT2D eigenvalue weighted by atomic mass is 10.2. The van der Waals surface area contributed by atoms with Gasteiger partial charge < -0.3 is 15.2 Å². The molecule has 2 N–H and O–H groups in total.